The molecule has 1 unspecified atom stereocenters. The second-order valence-corrected chi connectivity index (χ2v) is 10.4. The molecule has 202 valence electrons. The second kappa shape index (κ2) is 10.9. The Hall–Kier alpha value is -4.18. The van der Waals surface area contributed by atoms with Gasteiger partial charge in [0.05, 0.1) is 41.3 Å². The quantitative estimate of drug-likeness (QED) is 0.221. The molecule has 0 saturated carbocycles. The van der Waals surface area contributed by atoms with Crippen molar-refractivity contribution in [3.05, 3.63) is 83.3 Å². The van der Waals surface area contributed by atoms with Crippen LogP contribution in [0, 0.1) is 11.7 Å². The highest BCUT2D eigenvalue weighted by atomic mass is 32.1. The highest BCUT2D eigenvalue weighted by Crippen LogP contribution is 2.45. The van der Waals surface area contributed by atoms with E-state index in [1.807, 2.05) is 6.92 Å². The van der Waals surface area contributed by atoms with Gasteiger partial charge in [0.25, 0.3) is 5.91 Å². The molecule has 10 heteroatoms. The van der Waals surface area contributed by atoms with E-state index in [0.29, 0.717) is 46.4 Å². The third kappa shape index (κ3) is 5.12. The zero-order valence-corrected chi connectivity index (χ0v) is 22.5. The van der Waals surface area contributed by atoms with Crippen molar-refractivity contribution in [3.63, 3.8) is 0 Å². The molecule has 1 atom stereocenters. The highest BCUT2D eigenvalue weighted by molar-refractivity contribution is 7.22. The average molecular weight is 551 g/mol. The largest absolute Gasteiger partial charge is 0.503 e. The van der Waals surface area contributed by atoms with Crippen molar-refractivity contribution in [2.45, 2.75) is 33.2 Å². The van der Waals surface area contributed by atoms with Crippen molar-refractivity contribution in [1.29, 1.82) is 0 Å². The lowest BCUT2D eigenvalue weighted by molar-refractivity contribution is -0.117. The summed E-state index contributed by atoms with van der Waals surface area (Å²) < 4.78 is 31.5. The van der Waals surface area contributed by atoms with Gasteiger partial charge in [0.1, 0.15) is 5.82 Å². The number of anilines is 1. The molecule has 0 bridgehead atoms. The normalized spacial score (nSPS) is 15.6. The molecule has 4 aromatic rings. The van der Waals surface area contributed by atoms with Gasteiger partial charge in [-0.15, -0.1) is 0 Å². The molecule has 1 amide bonds. The number of aliphatic hydroxyl groups excluding tert-OH is 1. The Bertz CT molecular complexity index is 1560. The summed E-state index contributed by atoms with van der Waals surface area (Å²) in [7, 11) is 0. The first-order valence-electron chi connectivity index (χ1n) is 12.6. The molecule has 2 aromatic heterocycles. The van der Waals surface area contributed by atoms with E-state index >= 15 is 0 Å². The van der Waals surface area contributed by atoms with Gasteiger partial charge in [-0.2, -0.15) is 0 Å². The van der Waals surface area contributed by atoms with E-state index in [-0.39, 0.29) is 16.5 Å². The van der Waals surface area contributed by atoms with E-state index in [2.05, 4.69) is 18.8 Å². The molecule has 8 nitrogen and oxygen atoms in total. The number of aromatic nitrogens is 1. The maximum Gasteiger partial charge on any atom is 0.296 e. The molecule has 39 heavy (non-hydrogen) atoms. The Labute approximate surface area is 228 Å². The van der Waals surface area contributed by atoms with Gasteiger partial charge >= 0.3 is 0 Å². The number of carbonyl (C=O) groups excluding carboxylic acids is 2. The van der Waals surface area contributed by atoms with E-state index in [4.69, 9.17) is 13.9 Å². The Morgan fingerprint density at radius 1 is 1.18 bits per heavy atom. The molecule has 0 radical (unpaired) electrons. The zero-order valence-electron chi connectivity index (χ0n) is 21.6. The molecular weight excluding hydrogens is 523 g/mol. The SMILES string of the molecule is CCOc1cc(C2C(C(=O)c3ccco3)=C(O)C(=O)N2c2nc3ccc(F)cc3s2)ccc1OCCC(C)C. The molecule has 1 aliphatic rings. The van der Waals surface area contributed by atoms with Gasteiger partial charge in [0.15, 0.2) is 28.1 Å². The third-order valence-electron chi connectivity index (χ3n) is 6.28. The summed E-state index contributed by atoms with van der Waals surface area (Å²) >= 11 is 1.08. The van der Waals surface area contributed by atoms with Gasteiger partial charge in [0.2, 0.25) is 5.78 Å². The Balaban J connectivity index is 1.62. The maximum atomic E-state index is 13.9. The van der Waals surface area contributed by atoms with Crippen molar-refractivity contribution in [2.75, 3.05) is 18.1 Å². The van der Waals surface area contributed by atoms with Crippen LogP contribution in [0.3, 0.4) is 0 Å². The van der Waals surface area contributed by atoms with Gasteiger partial charge < -0.3 is 19.0 Å². The van der Waals surface area contributed by atoms with E-state index in [1.54, 1.807) is 24.3 Å². The number of thiazole rings is 1. The van der Waals surface area contributed by atoms with Gasteiger partial charge in [-0.05, 0) is 67.3 Å². The number of aliphatic hydroxyl groups is 1. The van der Waals surface area contributed by atoms with Crippen molar-refractivity contribution in [1.82, 2.24) is 4.98 Å². The van der Waals surface area contributed by atoms with Crippen molar-refractivity contribution in [2.24, 2.45) is 5.92 Å². The first kappa shape index (κ1) is 26.4. The fourth-order valence-electron chi connectivity index (χ4n) is 4.37. The second-order valence-electron chi connectivity index (χ2n) is 9.43. The van der Waals surface area contributed by atoms with Crippen LogP contribution in [0.1, 0.15) is 49.4 Å². The van der Waals surface area contributed by atoms with E-state index in [1.165, 1.54) is 35.4 Å². The number of benzene rings is 2. The maximum absolute atomic E-state index is 13.9. The van der Waals surface area contributed by atoms with Crippen LogP contribution in [0.15, 0.2) is 70.5 Å². The summed E-state index contributed by atoms with van der Waals surface area (Å²) in [6.07, 6.45) is 2.20. The number of ketones is 1. The average Bonchev–Trinajstić information content (AvgIpc) is 3.63. The lowest BCUT2D eigenvalue weighted by Gasteiger charge is -2.25. The topological polar surface area (TPSA) is 102 Å². The van der Waals surface area contributed by atoms with Crippen LogP contribution in [-0.4, -0.2) is 35.0 Å². The fourth-order valence-corrected chi connectivity index (χ4v) is 5.38. The van der Waals surface area contributed by atoms with Crippen LogP contribution in [0.4, 0.5) is 9.52 Å². The van der Waals surface area contributed by atoms with Crippen LogP contribution in [0.25, 0.3) is 10.2 Å². The predicted octanol–water partition coefficient (Wildman–Crippen LogP) is 6.63. The number of rotatable bonds is 10. The molecule has 3 heterocycles. The van der Waals surface area contributed by atoms with Gasteiger partial charge in [-0.25, -0.2) is 9.37 Å². The minimum absolute atomic E-state index is 0.0266. The lowest BCUT2D eigenvalue weighted by Crippen LogP contribution is -2.31. The summed E-state index contributed by atoms with van der Waals surface area (Å²) in [4.78, 5) is 32.7. The van der Waals surface area contributed by atoms with E-state index < -0.39 is 29.3 Å². The van der Waals surface area contributed by atoms with E-state index in [9.17, 15) is 19.1 Å². The Kier molecular flexibility index (Phi) is 7.38. The minimum atomic E-state index is -1.05. The summed E-state index contributed by atoms with van der Waals surface area (Å²) in [6, 6.07) is 11.2. The number of halogens is 1. The summed E-state index contributed by atoms with van der Waals surface area (Å²) in [5, 5.41) is 11.2. The Morgan fingerprint density at radius 2 is 2.00 bits per heavy atom. The summed E-state index contributed by atoms with van der Waals surface area (Å²) in [5.41, 5.74) is 0.820. The molecule has 5 rings (SSSR count). The zero-order chi connectivity index (χ0) is 27.7. The smallest absolute Gasteiger partial charge is 0.296 e. The van der Waals surface area contributed by atoms with Crippen molar-refractivity contribution in [3.8, 4) is 11.5 Å². The Morgan fingerprint density at radius 3 is 2.72 bits per heavy atom. The molecular formula is C29H27FN2O6S. The van der Waals surface area contributed by atoms with E-state index in [0.717, 1.165) is 17.8 Å². The number of Topliss-reactive ketones (excluding diaryl/α,β-unsaturated/α-hetero) is 1. The monoisotopic (exact) mass is 550 g/mol. The number of hydrogen-bond acceptors (Lipinski definition) is 8. The minimum Gasteiger partial charge on any atom is -0.503 e. The first-order chi connectivity index (χ1) is 18.8. The van der Waals surface area contributed by atoms with Crippen LogP contribution in [-0.2, 0) is 4.79 Å². The van der Waals surface area contributed by atoms with Gasteiger partial charge in [-0.1, -0.05) is 31.3 Å². The van der Waals surface area contributed by atoms with Crippen molar-refractivity contribution >= 4 is 38.4 Å². The summed E-state index contributed by atoms with van der Waals surface area (Å²) in [5.74, 6) is -1.18. The predicted molar refractivity (Wildman–Crippen MR) is 145 cm³/mol. The molecule has 1 N–H and O–H groups in total. The van der Waals surface area contributed by atoms with Crippen molar-refractivity contribution < 1.29 is 33.0 Å². The van der Waals surface area contributed by atoms with Gasteiger partial charge in [0, 0.05) is 0 Å². The van der Waals surface area contributed by atoms with Gasteiger partial charge in [-0.3, -0.25) is 14.5 Å². The number of ether oxygens (including phenoxy) is 2. The molecule has 2 aromatic carbocycles. The summed E-state index contributed by atoms with van der Waals surface area (Å²) in [6.45, 7) is 6.91. The number of carbonyl (C=O) groups is 2. The standard InChI is InChI=1S/C29H27FN2O6S/c1-4-36-22-14-17(7-10-20(22)38-13-11-16(2)3)25-24(26(33)21-6-5-12-37-21)27(34)28(35)32(25)29-31-19-9-8-18(30)15-23(19)39-29/h5-10,12,14-16,25,34H,4,11,13H2,1-3H3. The lowest BCUT2D eigenvalue weighted by atomic mass is 9.95. The van der Waals surface area contributed by atoms with Crippen LogP contribution < -0.4 is 14.4 Å². The fraction of sp³-hybridized carbons (Fsp3) is 0.276. The number of hydrogen-bond donors (Lipinski definition) is 1. The molecule has 0 saturated heterocycles. The number of fused-ring (bicyclic) bond motifs is 1. The highest BCUT2D eigenvalue weighted by Gasteiger charge is 2.46. The number of amides is 1. The van der Waals surface area contributed by atoms with Crippen LogP contribution >= 0.6 is 11.3 Å². The number of nitrogens with zero attached hydrogens (tertiary/aromatic N) is 2. The third-order valence-corrected chi connectivity index (χ3v) is 7.30. The van der Waals surface area contributed by atoms with Crippen LogP contribution in [0.5, 0.6) is 11.5 Å². The van der Waals surface area contributed by atoms with Crippen LogP contribution in [0.2, 0.25) is 0 Å². The first-order valence-corrected chi connectivity index (χ1v) is 13.4. The molecule has 1 aliphatic heterocycles. The number of furan rings is 1. The molecule has 0 spiro atoms. The molecule has 0 fully saturated rings. The molecule has 0 aliphatic carbocycles.